The van der Waals surface area contributed by atoms with Gasteiger partial charge in [0.2, 0.25) is 5.91 Å². The van der Waals surface area contributed by atoms with E-state index in [1.54, 1.807) is 0 Å². The highest BCUT2D eigenvalue weighted by atomic mass is 127. The van der Waals surface area contributed by atoms with Gasteiger partial charge in [-0.3, -0.25) is 4.79 Å². The first-order valence-electron chi connectivity index (χ1n) is 11.2. The van der Waals surface area contributed by atoms with E-state index in [-0.39, 0.29) is 35.9 Å². The van der Waals surface area contributed by atoms with Crippen molar-refractivity contribution in [2.24, 2.45) is 4.99 Å². The van der Waals surface area contributed by atoms with Crippen LogP contribution < -0.4 is 10.6 Å². The van der Waals surface area contributed by atoms with Crippen LogP contribution in [-0.4, -0.2) is 42.4 Å². The van der Waals surface area contributed by atoms with Gasteiger partial charge in [0.25, 0.3) is 0 Å². The van der Waals surface area contributed by atoms with Gasteiger partial charge in [0.1, 0.15) is 0 Å². The quantitative estimate of drug-likeness (QED) is 0.281. The van der Waals surface area contributed by atoms with Gasteiger partial charge in [-0.25, -0.2) is 4.99 Å². The van der Waals surface area contributed by atoms with Gasteiger partial charge in [0.05, 0.1) is 19.8 Å². The Balaban J connectivity index is 0.00000363. The fourth-order valence-corrected chi connectivity index (χ4v) is 3.71. The van der Waals surface area contributed by atoms with Crippen molar-refractivity contribution in [3.8, 4) is 0 Å². The Labute approximate surface area is 208 Å². The van der Waals surface area contributed by atoms with E-state index in [1.807, 2.05) is 42.2 Å². The van der Waals surface area contributed by atoms with E-state index in [0.29, 0.717) is 26.2 Å². The Morgan fingerprint density at radius 1 is 1.06 bits per heavy atom. The minimum absolute atomic E-state index is 0. The van der Waals surface area contributed by atoms with Gasteiger partial charge < -0.3 is 20.3 Å². The summed E-state index contributed by atoms with van der Waals surface area (Å²) >= 11 is 0. The maximum Gasteiger partial charge on any atom is 0.222 e. The zero-order chi connectivity index (χ0) is 21.9. The predicted octanol–water partition coefficient (Wildman–Crippen LogP) is 4.09. The number of nitrogens with one attached hydrogen (secondary N) is 2. The fourth-order valence-electron chi connectivity index (χ4n) is 3.71. The highest BCUT2D eigenvalue weighted by molar-refractivity contribution is 14.0. The van der Waals surface area contributed by atoms with Gasteiger partial charge in [-0.1, -0.05) is 61.5 Å². The highest BCUT2D eigenvalue weighted by Gasteiger charge is 2.25. The lowest BCUT2D eigenvalue weighted by Gasteiger charge is -2.19. The number of halogens is 1. The molecule has 1 aliphatic rings. The van der Waals surface area contributed by atoms with Crippen molar-refractivity contribution in [3.63, 3.8) is 0 Å². The third-order valence-electron chi connectivity index (χ3n) is 5.42. The number of carbonyl (C=O) groups is 1. The van der Waals surface area contributed by atoms with Crippen LogP contribution in [0.15, 0.2) is 59.6 Å². The average Bonchev–Trinajstić information content (AvgIpc) is 3.27. The molecule has 2 aromatic carbocycles. The molecule has 1 amide bonds. The number of likely N-dealkylation sites (tertiary alicyclic amines) is 1. The number of guanidine groups is 1. The Kier molecular flexibility index (Phi) is 11.5. The van der Waals surface area contributed by atoms with Gasteiger partial charge in [-0.2, -0.15) is 0 Å². The lowest BCUT2D eigenvalue weighted by molar-refractivity contribution is -0.129. The summed E-state index contributed by atoms with van der Waals surface area (Å²) in [5, 5.41) is 6.82. The number of ether oxygens (including phenoxy) is 1. The predicted molar refractivity (Wildman–Crippen MR) is 140 cm³/mol. The number of benzene rings is 2. The number of carbonyl (C=O) groups excluding carboxylic acids is 1. The topological polar surface area (TPSA) is 66.0 Å². The normalized spacial score (nSPS) is 15.9. The summed E-state index contributed by atoms with van der Waals surface area (Å²) in [6.07, 6.45) is 1.50. The molecule has 0 aromatic heterocycles. The third kappa shape index (κ3) is 8.09. The first-order valence-corrected chi connectivity index (χ1v) is 11.2. The van der Waals surface area contributed by atoms with E-state index in [9.17, 15) is 4.79 Å². The Morgan fingerprint density at radius 3 is 2.50 bits per heavy atom. The van der Waals surface area contributed by atoms with Crippen LogP contribution in [0.3, 0.4) is 0 Å². The molecule has 1 heterocycles. The first kappa shape index (κ1) is 26.1. The second-order valence-corrected chi connectivity index (χ2v) is 7.77. The average molecular weight is 550 g/mol. The van der Waals surface area contributed by atoms with Crippen molar-refractivity contribution < 1.29 is 9.53 Å². The van der Waals surface area contributed by atoms with Crippen molar-refractivity contribution in [3.05, 3.63) is 71.3 Å². The molecule has 174 valence electrons. The number of hydrogen-bond donors (Lipinski definition) is 2. The van der Waals surface area contributed by atoms with E-state index < -0.39 is 0 Å². The summed E-state index contributed by atoms with van der Waals surface area (Å²) in [6, 6.07) is 18.7. The number of hydrogen-bond acceptors (Lipinski definition) is 3. The van der Waals surface area contributed by atoms with Gasteiger partial charge in [0.15, 0.2) is 5.96 Å². The third-order valence-corrected chi connectivity index (χ3v) is 5.42. The van der Waals surface area contributed by atoms with Crippen LogP contribution in [0.5, 0.6) is 0 Å². The zero-order valence-corrected chi connectivity index (χ0v) is 21.4. The number of amides is 1. The van der Waals surface area contributed by atoms with Crippen LogP contribution in [-0.2, 0) is 29.3 Å². The van der Waals surface area contributed by atoms with Crippen LogP contribution in [0.1, 0.15) is 43.4 Å². The molecule has 7 heteroatoms. The molecule has 6 nitrogen and oxygen atoms in total. The van der Waals surface area contributed by atoms with E-state index >= 15 is 0 Å². The maximum atomic E-state index is 11.9. The van der Waals surface area contributed by atoms with Crippen molar-refractivity contribution >= 4 is 35.8 Å². The molecule has 1 aliphatic heterocycles. The SMILES string of the molecule is CCNC(=NCc1ccccc1COCc1ccccc1)NC1CCN(C(=O)CC)C1.I. The van der Waals surface area contributed by atoms with Crippen molar-refractivity contribution in [1.29, 1.82) is 0 Å². The molecule has 1 saturated heterocycles. The van der Waals surface area contributed by atoms with Crippen LogP contribution in [0.4, 0.5) is 0 Å². The zero-order valence-electron chi connectivity index (χ0n) is 19.0. The van der Waals surface area contributed by atoms with Crippen molar-refractivity contribution in [2.45, 2.75) is 52.5 Å². The molecule has 2 aromatic rings. The number of rotatable bonds is 9. The molecule has 0 saturated carbocycles. The Hall–Kier alpha value is -2.13. The van der Waals surface area contributed by atoms with E-state index in [2.05, 4.69) is 41.8 Å². The van der Waals surface area contributed by atoms with Crippen LogP contribution >= 0.6 is 24.0 Å². The number of nitrogens with zero attached hydrogens (tertiary/aromatic N) is 2. The van der Waals surface area contributed by atoms with Gasteiger partial charge in [-0.05, 0) is 30.0 Å². The molecule has 1 fully saturated rings. The molecule has 0 aliphatic carbocycles. The van der Waals surface area contributed by atoms with Crippen LogP contribution in [0.2, 0.25) is 0 Å². The first-order chi connectivity index (χ1) is 15.2. The monoisotopic (exact) mass is 550 g/mol. The Morgan fingerprint density at radius 2 is 1.78 bits per heavy atom. The van der Waals surface area contributed by atoms with E-state index in [1.165, 1.54) is 5.56 Å². The summed E-state index contributed by atoms with van der Waals surface area (Å²) in [6.45, 7) is 8.03. The van der Waals surface area contributed by atoms with E-state index in [0.717, 1.165) is 43.1 Å². The molecule has 32 heavy (non-hydrogen) atoms. The van der Waals surface area contributed by atoms with Crippen molar-refractivity contribution in [2.75, 3.05) is 19.6 Å². The smallest absolute Gasteiger partial charge is 0.222 e. The fraction of sp³-hybridized carbons (Fsp3) is 0.440. The molecule has 1 unspecified atom stereocenters. The molecule has 3 rings (SSSR count). The minimum atomic E-state index is 0. The van der Waals surface area contributed by atoms with Gasteiger partial charge in [-0.15, -0.1) is 24.0 Å². The minimum Gasteiger partial charge on any atom is -0.372 e. The summed E-state index contributed by atoms with van der Waals surface area (Å²) in [4.78, 5) is 18.7. The summed E-state index contributed by atoms with van der Waals surface area (Å²) in [5.41, 5.74) is 3.48. The second-order valence-electron chi connectivity index (χ2n) is 7.77. The standard InChI is InChI=1S/C25H34N4O2.HI/c1-3-24(30)29-15-14-23(17-29)28-25(26-4-2)27-16-21-12-8-9-13-22(21)19-31-18-20-10-6-5-7-11-20;/h5-13,23H,3-4,14-19H2,1-2H3,(H2,26,27,28);1H. The van der Waals surface area contributed by atoms with Gasteiger partial charge in [0, 0.05) is 32.1 Å². The largest absolute Gasteiger partial charge is 0.372 e. The lowest BCUT2D eigenvalue weighted by atomic mass is 10.1. The maximum absolute atomic E-state index is 11.9. The summed E-state index contributed by atoms with van der Waals surface area (Å²) in [5.74, 6) is 1.01. The summed E-state index contributed by atoms with van der Waals surface area (Å²) < 4.78 is 5.94. The van der Waals surface area contributed by atoms with Crippen molar-refractivity contribution in [1.82, 2.24) is 15.5 Å². The summed E-state index contributed by atoms with van der Waals surface area (Å²) in [7, 11) is 0. The molecular weight excluding hydrogens is 515 g/mol. The highest BCUT2D eigenvalue weighted by Crippen LogP contribution is 2.14. The molecule has 1 atom stereocenters. The van der Waals surface area contributed by atoms with Gasteiger partial charge >= 0.3 is 0 Å². The lowest BCUT2D eigenvalue weighted by Crippen LogP contribution is -2.45. The molecule has 0 bridgehead atoms. The number of aliphatic imine (C=N–C) groups is 1. The van der Waals surface area contributed by atoms with Crippen LogP contribution in [0, 0.1) is 0 Å². The molecule has 2 N–H and O–H groups in total. The molecule has 0 radical (unpaired) electrons. The van der Waals surface area contributed by atoms with Crippen LogP contribution in [0.25, 0.3) is 0 Å². The van der Waals surface area contributed by atoms with E-state index in [4.69, 9.17) is 9.73 Å². The molecular formula is C25H35IN4O2. The molecule has 0 spiro atoms. The Bertz CT molecular complexity index is 860. The second kappa shape index (κ2) is 14.1.